The van der Waals surface area contributed by atoms with Crippen molar-refractivity contribution in [1.29, 1.82) is 0 Å². The van der Waals surface area contributed by atoms with E-state index in [0.29, 0.717) is 13.2 Å². The minimum atomic E-state index is 0.501. The predicted octanol–water partition coefficient (Wildman–Crippen LogP) is 3.74. The fourth-order valence-corrected chi connectivity index (χ4v) is 4.76. The molecule has 3 heterocycles. The molecule has 2 aliphatic heterocycles. The molecule has 0 radical (unpaired) electrons. The third-order valence-corrected chi connectivity index (χ3v) is 6.04. The van der Waals surface area contributed by atoms with E-state index in [2.05, 4.69) is 22.0 Å². The van der Waals surface area contributed by atoms with E-state index in [1.54, 1.807) is 7.11 Å². The van der Waals surface area contributed by atoms with Crippen LogP contribution in [0.4, 0.5) is 0 Å². The smallest absolute Gasteiger partial charge is 0.129 e. The number of methoxy groups -OCH3 is 1. The van der Waals surface area contributed by atoms with Crippen LogP contribution in [0.5, 0.6) is 17.2 Å². The average molecular weight is 392 g/mol. The van der Waals surface area contributed by atoms with Crippen molar-refractivity contribution < 1.29 is 14.2 Å². The highest BCUT2D eigenvalue weighted by Crippen LogP contribution is 2.39. The first-order valence-corrected chi connectivity index (χ1v) is 10.6. The Kier molecular flexibility index (Phi) is 5.06. The van der Waals surface area contributed by atoms with Gasteiger partial charge in [-0.3, -0.25) is 0 Å². The second-order valence-electron chi connectivity index (χ2n) is 7.75. The first kappa shape index (κ1) is 18.4. The molecule has 0 amide bonds. The highest BCUT2D eigenvalue weighted by molar-refractivity contribution is 5.94. The molecule has 0 spiro atoms. The average Bonchev–Trinajstić information content (AvgIpc) is 2.91. The van der Waals surface area contributed by atoms with Crippen molar-refractivity contribution in [3.05, 3.63) is 53.2 Å². The van der Waals surface area contributed by atoms with E-state index < -0.39 is 0 Å². The first-order chi connectivity index (χ1) is 14.3. The molecule has 5 heteroatoms. The van der Waals surface area contributed by atoms with E-state index in [1.807, 2.05) is 24.3 Å². The van der Waals surface area contributed by atoms with E-state index in [4.69, 9.17) is 14.2 Å². The lowest BCUT2D eigenvalue weighted by atomic mass is 10.0. The molecule has 5 nitrogen and oxygen atoms in total. The van der Waals surface area contributed by atoms with Crippen molar-refractivity contribution in [3.63, 3.8) is 0 Å². The largest absolute Gasteiger partial charge is 0.497 e. The molecule has 0 unspecified atom stereocenters. The lowest BCUT2D eigenvalue weighted by Crippen LogP contribution is -2.18. The fraction of sp³-hybridized carbons (Fsp3) is 0.417. The molecule has 1 aromatic heterocycles. The van der Waals surface area contributed by atoms with Gasteiger partial charge in [0.1, 0.15) is 30.5 Å². The summed E-state index contributed by atoms with van der Waals surface area (Å²) >= 11 is 0. The van der Waals surface area contributed by atoms with Gasteiger partial charge in [0.05, 0.1) is 12.6 Å². The quantitative estimate of drug-likeness (QED) is 0.649. The molecule has 5 rings (SSSR count). The van der Waals surface area contributed by atoms with Crippen LogP contribution < -0.4 is 19.5 Å². The number of ether oxygens (including phenoxy) is 3. The van der Waals surface area contributed by atoms with Crippen LogP contribution in [-0.4, -0.2) is 38.0 Å². The molecule has 0 atom stereocenters. The molecule has 0 aliphatic carbocycles. The molecule has 0 saturated heterocycles. The molecule has 3 aromatic rings. The van der Waals surface area contributed by atoms with Gasteiger partial charge in [-0.15, -0.1) is 0 Å². The van der Waals surface area contributed by atoms with Crippen molar-refractivity contribution in [2.75, 3.05) is 33.4 Å². The Balaban J connectivity index is 1.38. The molecule has 2 aliphatic rings. The first-order valence-electron chi connectivity index (χ1n) is 10.6. The van der Waals surface area contributed by atoms with Crippen molar-refractivity contribution in [2.45, 2.75) is 32.2 Å². The number of aromatic nitrogens is 1. The summed E-state index contributed by atoms with van der Waals surface area (Å²) in [4.78, 5) is 0. The second kappa shape index (κ2) is 7.99. The van der Waals surface area contributed by atoms with Crippen LogP contribution in [0.1, 0.15) is 23.2 Å². The molecule has 29 heavy (non-hydrogen) atoms. The number of nitrogens with zero attached hydrogens (tertiary/aromatic N) is 1. The Labute approximate surface area is 171 Å². The standard InChI is InChI=1S/C24H28N2O3/c1-27-18-5-2-6-19(16-18)28-14-15-29-22-8-7-17-4-3-13-26-21-10-12-25-11-9-20(21)23(22)24(17)26/h2,5-8,16,25H,3-4,9-15H2,1H3. The van der Waals surface area contributed by atoms with E-state index in [-0.39, 0.29) is 0 Å². The molecule has 2 aromatic carbocycles. The highest BCUT2D eigenvalue weighted by atomic mass is 16.5. The fourth-order valence-electron chi connectivity index (χ4n) is 4.76. The zero-order valence-electron chi connectivity index (χ0n) is 17.0. The van der Waals surface area contributed by atoms with Crippen LogP contribution in [0.25, 0.3) is 10.9 Å². The molecular formula is C24H28N2O3. The van der Waals surface area contributed by atoms with Crippen LogP contribution in [0.2, 0.25) is 0 Å². The minimum absolute atomic E-state index is 0.501. The summed E-state index contributed by atoms with van der Waals surface area (Å²) in [5.41, 5.74) is 5.87. The van der Waals surface area contributed by atoms with Gasteiger partial charge in [0, 0.05) is 36.7 Å². The summed E-state index contributed by atoms with van der Waals surface area (Å²) in [6.07, 6.45) is 4.56. The van der Waals surface area contributed by atoms with Gasteiger partial charge in [-0.05, 0) is 55.1 Å². The van der Waals surface area contributed by atoms with E-state index in [1.165, 1.54) is 34.1 Å². The Morgan fingerprint density at radius 1 is 0.966 bits per heavy atom. The van der Waals surface area contributed by atoms with Crippen LogP contribution in [0.15, 0.2) is 36.4 Å². The van der Waals surface area contributed by atoms with Crippen molar-refractivity contribution >= 4 is 10.9 Å². The van der Waals surface area contributed by atoms with Gasteiger partial charge in [0.15, 0.2) is 0 Å². The predicted molar refractivity (Wildman–Crippen MR) is 115 cm³/mol. The van der Waals surface area contributed by atoms with Crippen LogP contribution in [-0.2, 0) is 25.8 Å². The maximum atomic E-state index is 6.25. The van der Waals surface area contributed by atoms with Crippen molar-refractivity contribution in [1.82, 2.24) is 9.88 Å². The van der Waals surface area contributed by atoms with E-state index in [0.717, 1.165) is 56.1 Å². The summed E-state index contributed by atoms with van der Waals surface area (Å²) < 4.78 is 19.9. The Morgan fingerprint density at radius 2 is 1.83 bits per heavy atom. The summed E-state index contributed by atoms with van der Waals surface area (Å²) in [5.74, 6) is 2.60. The highest BCUT2D eigenvalue weighted by Gasteiger charge is 2.25. The van der Waals surface area contributed by atoms with Gasteiger partial charge in [0.2, 0.25) is 0 Å². The third kappa shape index (κ3) is 3.44. The van der Waals surface area contributed by atoms with Gasteiger partial charge >= 0.3 is 0 Å². The van der Waals surface area contributed by atoms with Gasteiger partial charge < -0.3 is 24.1 Å². The number of nitrogens with one attached hydrogen (secondary N) is 1. The summed E-state index contributed by atoms with van der Waals surface area (Å²) in [5, 5.41) is 4.88. The summed E-state index contributed by atoms with van der Waals surface area (Å²) in [6.45, 7) is 4.24. The van der Waals surface area contributed by atoms with Gasteiger partial charge in [-0.2, -0.15) is 0 Å². The maximum Gasteiger partial charge on any atom is 0.129 e. The Bertz CT molecular complexity index is 1020. The van der Waals surface area contributed by atoms with E-state index >= 15 is 0 Å². The third-order valence-electron chi connectivity index (χ3n) is 6.04. The Morgan fingerprint density at radius 3 is 2.76 bits per heavy atom. The molecular weight excluding hydrogens is 364 g/mol. The van der Waals surface area contributed by atoms with Crippen LogP contribution >= 0.6 is 0 Å². The molecule has 152 valence electrons. The van der Waals surface area contributed by atoms with E-state index in [9.17, 15) is 0 Å². The molecule has 0 saturated carbocycles. The number of hydrogen-bond acceptors (Lipinski definition) is 4. The van der Waals surface area contributed by atoms with Gasteiger partial charge in [-0.25, -0.2) is 0 Å². The number of benzene rings is 2. The zero-order chi connectivity index (χ0) is 19.6. The second-order valence-corrected chi connectivity index (χ2v) is 7.75. The van der Waals surface area contributed by atoms with Gasteiger partial charge in [-0.1, -0.05) is 12.1 Å². The molecule has 0 bridgehead atoms. The summed E-state index contributed by atoms with van der Waals surface area (Å²) in [6, 6.07) is 12.1. The van der Waals surface area contributed by atoms with Crippen molar-refractivity contribution in [2.24, 2.45) is 0 Å². The number of fused-ring (bicyclic) bond motifs is 3. The SMILES string of the molecule is COc1cccc(OCCOc2ccc3c4c2c2c(n4CCC3)CCNCC2)c1. The lowest BCUT2D eigenvalue weighted by molar-refractivity contribution is 0.218. The molecule has 1 N–H and O–H groups in total. The van der Waals surface area contributed by atoms with Gasteiger partial charge in [0.25, 0.3) is 0 Å². The van der Waals surface area contributed by atoms with Crippen LogP contribution in [0.3, 0.4) is 0 Å². The maximum absolute atomic E-state index is 6.25. The lowest BCUT2D eigenvalue weighted by Gasteiger charge is -2.19. The topological polar surface area (TPSA) is 44.7 Å². The summed E-state index contributed by atoms with van der Waals surface area (Å²) in [7, 11) is 1.66. The zero-order valence-corrected chi connectivity index (χ0v) is 17.0. The number of hydrogen-bond donors (Lipinski definition) is 1. The normalized spacial score (nSPS) is 15.6. The van der Waals surface area contributed by atoms with Crippen LogP contribution in [0, 0.1) is 0 Å². The number of rotatable bonds is 6. The Hall–Kier alpha value is -2.66. The molecule has 0 fully saturated rings. The number of aryl methyl sites for hydroxylation is 2. The van der Waals surface area contributed by atoms with Crippen molar-refractivity contribution in [3.8, 4) is 17.2 Å². The monoisotopic (exact) mass is 392 g/mol. The minimum Gasteiger partial charge on any atom is -0.497 e.